The summed E-state index contributed by atoms with van der Waals surface area (Å²) in [4.78, 5) is 18.8. The molecule has 1 aromatic carbocycles. The van der Waals surface area contributed by atoms with E-state index in [1.165, 1.54) is 22.5 Å². The summed E-state index contributed by atoms with van der Waals surface area (Å²) in [5, 5.41) is 0.970. The van der Waals surface area contributed by atoms with Crippen molar-refractivity contribution in [1.82, 2.24) is 4.98 Å². The number of carbonyl (C=O) groups excluding carboxylic acids is 1. The molecule has 2 heterocycles. The summed E-state index contributed by atoms with van der Waals surface area (Å²) in [6, 6.07) is 8.63. The first-order valence-corrected chi connectivity index (χ1v) is 7.34. The lowest BCUT2D eigenvalue weighted by Crippen LogP contribution is -2.25. The zero-order valence-corrected chi connectivity index (χ0v) is 11.7. The molecular formula is C15H16N2OS. The van der Waals surface area contributed by atoms with Gasteiger partial charge >= 0.3 is 0 Å². The van der Waals surface area contributed by atoms with Gasteiger partial charge in [0.1, 0.15) is 0 Å². The number of thiazole rings is 1. The minimum Gasteiger partial charge on any atom is -0.347 e. The standard InChI is InChI=1S/C15H16N2OS/c1-11(18)14-10-16-15(19-14)17-8-6-12-4-2-3-5-13(12)7-9-17/h2-5,10H,6-9H2,1H3. The van der Waals surface area contributed by atoms with Crippen LogP contribution >= 0.6 is 11.3 Å². The topological polar surface area (TPSA) is 33.2 Å². The Bertz CT molecular complexity index is 579. The normalized spacial score (nSPS) is 14.9. The van der Waals surface area contributed by atoms with E-state index in [-0.39, 0.29) is 5.78 Å². The number of fused-ring (bicyclic) bond motifs is 1. The molecule has 0 saturated heterocycles. The number of carbonyl (C=O) groups is 1. The van der Waals surface area contributed by atoms with Gasteiger partial charge in [-0.1, -0.05) is 35.6 Å². The van der Waals surface area contributed by atoms with Crippen molar-refractivity contribution in [2.24, 2.45) is 0 Å². The molecule has 0 radical (unpaired) electrons. The average Bonchev–Trinajstić information content (AvgIpc) is 2.80. The van der Waals surface area contributed by atoms with Gasteiger partial charge in [0.15, 0.2) is 10.9 Å². The van der Waals surface area contributed by atoms with E-state index in [0.717, 1.165) is 35.9 Å². The fourth-order valence-electron chi connectivity index (χ4n) is 2.43. The van der Waals surface area contributed by atoms with Gasteiger partial charge in [-0.2, -0.15) is 0 Å². The molecule has 0 saturated carbocycles. The molecule has 1 aliphatic heterocycles. The Morgan fingerprint density at radius 2 is 1.84 bits per heavy atom. The smallest absolute Gasteiger partial charge is 0.185 e. The third-order valence-corrected chi connectivity index (χ3v) is 4.69. The number of anilines is 1. The Balaban J connectivity index is 1.79. The van der Waals surface area contributed by atoms with E-state index in [2.05, 4.69) is 34.1 Å². The summed E-state index contributed by atoms with van der Waals surface area (Å²) < 4.78 is 0. The van der Waals surface area contributed by atoms with Crippen LogP contribution in [0.4, 0.5) is 5.13 Å². The van der Waals surface area contributed by atoms with Crippen LogP contribution in [0.1, 0.15) is 27.7 Å². The van der Waals surface area contributed by atoms with Crippen molar-refractivity contribution in [2.45, 2.75) is 19.8 Å². The fourth-order valence-corrected chi connectivity index (χ4v) is 3.30. The summed E-state index contributed by atoms with van der Waals surface area (Å²) in [7, 11) is 0. The number of Topliss-reactive ketones (excluding diaryl/α,β-unsaturated/α-hetero) is 1. The summed E-state index contributed by atoms with van der Waals surface area (Å²) in [6.45, 7) is 3.54. The summed E-state index contributed by atoms with van der Waals surface area (Å²) in [5.41, 5.74) is 2.88. The van der Waals surface area contributed by atoms with Crippen molar-refractivity contribution in [1.29, 1.82) is 0 Å². The third-order valence-electron chi connectivity index (χ3n) is 3.53. The first-order chi connectivity index (χ1) is 9.24. The molecule has 19 heavy (non-hydrogen) atoms. The Morgan fingerprint density at radius 3 is 2.37 bits per heavy atom. The minimum absolute atomic E-state index is 0.0989. The number of benzene rings is 1. The van der Waals surface area contributed by atoms with Gasteiger partial charge in [0, 0.05) is 20.0 Å². The largest absolute Gasteiger partial charge is 0.347 e. The lowest BCUT2D eigenvalue weighted by Gasteiger charge is -2.18. The van der Waals surface area contributed by atoms with E-state index < -0.39 is 0 Å². The zero-order chi connectivity index (χ0) is 13.2. The van der Waals surface area contributed by atoms with Crippen molar-refractivity contribution in [2.75, 3.05) is 18.0 Å². The summed E-state index contributed by atoms with van der Waals surface area (Å²) in [6.07, 6.45) is 3.79. The van der Waals surface area contributed by atoms with Crippen molar-refractivity contribution >= 4 is 22.3 Å². The van der Waals surface area contributed by atoms with Crippen LogP contribution in [0, 0.1) is 0 Å². The SMILES string of the molecule is CC(=O)c1cnc(N2CCc3ccccc3CC2)s1. The quantitative estimate of drug-likeness (QED) is 0.788. The highest BCUT2D eigenvalue weighted by Crippen LogP contribution is 2.25. The molecule has 98 valence electrons. The van der Waals surface area contributed by atoms with Gasteiger partial charge in [-0.3, -0.25) is 4.79 Å². The van der Waals surface area contributed by atoms with Crippen LogP contribution in [0.3, 0.4) is 0 Å². The second kappa shape index (κ2) is 5.13. The lowest BCUT2D eigenvalue weighted by atomic mass is 10.0. The molecule has 0 unspecified atom stereocenters. The molecule has 0 fully saturated rings. The number of hydrogen-bond acceptors (Lipinski definition) is 4. The van der Waals surface area contributed by atoms with Gasteiger partial charge in [0.2, 0.25) is 0 Å². The van der Waals surface area contributed by atoms with Crippen molar-refractivity contribution < 1.29 is 4.79 Å². The number of nitrogens with zero attached hydrogens (tertiary/aromatic N) is 2. The highest BCUT2D eigenvalue weighted by Gasteiger charge is 2.17. The van der Waals surface area contributed by atoms with E-state index in [9.17, 15) is 4.79 Å². The van der Waals surface area contributed by atoms with Crippen LogP contribution in [0.5, 0.6) is 0 Å². The Morgan fingerprint density at radius 1 is 1.21 bits per heavy atom. The monoisotopic (exact) mass is 272 g/mol. The van der Waals surface area contributed by atoms with Gasteiger partial charge in [-0.15, -0.1) is 0 Å². The molecule has 3 nitrogen and oxygen atoms in total. The van der Waals surface area contributed by atoms with Crippen LogP contribution in [0.25, 0.3) is 0 Å². The summed E-state index contributed by atoms with van der Waals surface area (Å²) in [5.74, 6) is 0.0989. The van der Waals surface area contributed by atoms with Gasteiger partial charge in [-0.25, -0.2) is 4.98 Å². The van der Waals surface area contributed by atoms with Gasteiger partial charge < -0.3 is 4.90 Å². The van der Waals surface area contributed by atoms with E-state index in [0.29, 0.717) is 0 Å². The van der Waals surface area contributed by atoms with Crippen LogP contribution in [-0.2, 0) is 12.8 Å². The van der Waals surface area contributed by atoms with Crippen molar-refractivity contribution in [3.63, 3.8) is 0 Å². The third kappa shape index (κ3) is 2.54. The minimum atomic E-state index is 0.0989. The van der Waals surface area contributed by atoms with Crippen LogP contribution in [0.2, 0.25) is 0 Å². The van der Waals surface area contributed by atoms with Crippen LogP contribution < -0.4 is 4.90 Å². The first kappa shape index (κ1) is 12.4. The predicted octanol–water partition coefficient (Wildman–Crippen LogP) is 2.95. The highest BCUT2D eigenvalue weighted by atomic mass is 32.1. The number of rotatable bonds is 2. The zero-order valence-electron chi connectivity index (χ0n) is 10.9. The number of aromatic nitrogens is 1. The first-order valence-electron chi connectivity index (χ1n) is 6.52. The van der Waals surface area contributed by atoms with E-state index in [1.807, 2.05) is 0 Å². The highest BCUT2D eigenvalue weighted by molar-refractivity contribution is 7.17. The van der Waals surface area contributed by atoms with Crippen LogP contribution in [0.15, 0.2) is 30.5 Å². The molecule has 2 aromatic rings. The fraction of sp³-hybridized carbons (Fsp3) is 0.333. The Hall–Kier alpha value is -1.68. The molecule has 3 rings (SSSR count). The van der Waals surface area contributed by atoms with E-state index in [1.54, 1.807) is 13.1 Å². The van der Waals surface area contributed by atoms with Gasteiger partial charge in [0.05, 0.1) is 11.1 Å². The average molecular weight is 272 g/mol. The molecule has 1 aromatic heterocycles. The van der Waals surface area contributed by atoms with Gasteiger partial charge in [-0.05, 0) is 24.0 Å². The molecule has 0 N–H and O–H groups in total. The maximum atomic E-state index is 11.3. The maximum absolute atomic E-state index is 11.3. The molecule has 4 heteroatoms. The Kier molecular flexibility index (Phi) is 3.34. The molecule has 0 bridgehead atoms. The van der Waals surface area contributed by atoms with Gasteiger partial charge in [0.25, 0.3) is 0 Å². The van der Waals surface area contributed by atoms with E-state index in [4.69, 9.17) is 0 Å². The van der Waals surface area contributed by atoms with E-state index >= 15 is 0 Å². The second-order valence-corrected chi connectivity index (χ2v) is 5.83. The summed E-state index contributed by atoms with van der Waals surface area (Å²) >= 11 is 1.50. The van der Waals surface area contributed by atoms with Crippen molar-refractivity contribution in [3.8, 4) is 0 Å². The molecule has 0 atom stereocenters. The van der Waals surface area contributed by atoms with Crippen molar-refractivity contribution in [3.05, 3.63) is 46.5 Å². The van der Waals surface area contributed by atoms with Crippen LogP contribution in [-0.4, -0.2) is 23.9 Å². The molecule has 0 spiro atoms. The Labute approximate surface area is 116 Å². The number of ketones is 1. The molecule has 0 amide bonds. The predicted molar refractivity (Wildman–Crippen MR) is 78.2 cm³/mol. The second-order valence-electron chi connectivity index (χ2n) is 4.82. The molecular weight excluding hydrogens is 256 g/mol. The lowest BCUT2D eigenvalue weighted by molar-refractivity contribution is 0.102. The molecule has 1 aliphatic rings. The maximum Gasteiger partial charge on any atom is 0.185 e. The molecule has 0 aliphatic carbocycles. The number of hydrogen-bond donors (Lipinski definition) is 0.